The molecule has 3 aliphatic rings. The Balaban J connectivity index is 1.29. The predicted molar refractivity (Wildman–Crippen MR) is 115 cm³/mol. The molecule has 1 aromatic carbocycles. The zero-order chi connectivity index (χ0) is 19.5. The average Bonchev–Trinajstić information content (AvgIpc) is 3.28. The van der Waals surface area contributed by atoms with Gasteiger partial charge in [-0.3, -0.25) is 9.69 Å². The van der Waals surface area contributed by atoms with E-state index >= 15 is 0 Å². The highest BCUT2D eigenvalue weighted by molar-refractivity contribution is 5.94. The maximum absolute atomic E-state index is 12.9. The number of likely N-dealkylation sites (tertiary alicyclic amines) is 1. The van der Waals surface area contributed by atoms with Crippen LogP contribution >= 0.6 is 0 Å². The molecule has 3 fully saturated rings. The summed E-state index contributed by atoms with van der Waals surface area (Å²) in [6, 6.07) is 8.93. The van der Waals surface area contributed by atoms with E-state index in [1.165, 1.54) is 44.7 Å². The van der Waals surface area contributed by atoms with Crippen LogP contribution in [0.3, 0.4) is 0 Å². The summed E-state index contributed by atoms with van der Waals surface area (Å²) in [5.74, 6) is 0.920. The van der Waals surface area contributed by atoms with Crippen LogP contribution in [0.25, 0.3) is 0 Å². The Morgan fingerprint density at radius 3 is 2.11 bits per heavy atom. The Morgan fingerprint density at radius 2 is 1.50 bits per heavy atom. The van der Waals surface area contributed by atoms with E-state index in [9.17, 15) is 4.79 Å². The molecule has 4 rings (SSSR count). The fraction of sp³-hybridized carbons (Fsp3) is 0.696. The Labute approximate surface area is 170 Å². The van der Waals surface area contributed by atoms with Gasteiger partial charge in [-0.25, -0.2) is 0 Å². The van der Waals surface area contributed by atoms with Crippen molar-refractivity contribution in [3.05, 3.63) is 29.8 Å². The third kappa shape index (κ3) is 4.36. The van der Waals surface area contributed by atoms with E-state index in [4.69, 9.17) is 0 Å². The first kappa shape index (κ1) is 19.7. The first-order chi connectivity index (χ1) is 13.6. The van der Waals surface area contributed by atoms with Crippen molar-refractivity contribution in [1.82, 2.24) is 14.7 Å². The number of piperidine rings is 1. The molecule has 1 amide bonds. The highest BCUT2D eigenvalue weighted by atomic mass is 16.2. The Morgan fingerprint density at radius 1 is 0.893 bits per heavy atom. The number of piperazine rings is 1. The third-order valence-corrected chi connectivity index (χ3v) is 7.21. The molecule has 0 spiro atoms. The minimum Gasteiger partial charge on any atom is -0.372 e. The van der Waals surface area contributed by atoms with Gasteiger partial charge in [-0.2, -0.15) is 0 Å². The Kier molecular flexibility index (Phi) is 6.22. The van der Waals surface area contributed by atoms with Gasteiger partial charge in [-0.05, 0) is 69.8 Å². The predicted octanol–water partition coefficient (Wildman–Crippen LogP) is 2.77. The molecule has 5 nitrogen and oxygen atoms in total. The van der Waals surface area contributed by atoms with Crippen molar-refractivity contribution in [1.29, 1.82) is 0 Å². The minimum absolute atomic E-state index is 0.207. The smallest absolute Gasteiger partial charge is 0.253 e. The summed E-state index contributed by atoms with van der Waals surface area (Å²) in [4.78, 5) is 22.5. The molecule has 0 bridgehead atoms. The van der Waals surface area contributed by atoms with Gasteiger partial charge in [0.1, 0.15) is 0 Å². The highest BCUT2D eigenvalue weighted by Gasteiger charge is 2.30. The molecule has 3 heterocycles. The van der Waals surface area contributed by atoms with Crippen molar-refractivity contribution < 1.29 is 4.79 Å². The lowest BCUT2D eigenvalue weighted by molar-refractivity contribution is 0.0500. The van der Waals surface area contributed by atoms with Gasteiger partial charge in [0.2, 0.25) is 0 Å². The van der Waals surface area contributed by atoms with Crippen LogP contribution in [0.4, 0.5) is 5.69 Å². The second-order valence-electron chi connectivity index (χ2n) is 8.95. The number of anilines is 1. The monoisotopic (exact) mass is 384 g/mol. The van der Waals surface area contributed by atoms with Crippen molar-refractivity contribution in [2.75, 3.05) is 64.3 Å². The molecule has 3 aliphatic heterocycles. The van der Waals surface area contributed by atoms with Crippen molar-refractivity contribution in [3.8, 4) is 0 Å². The quantitative estimate of drug-likeness (QED) is 0.799. The first-order valence-corrected chi connectivity index (χ1v) is 11.2. The van der Waals surface area contributed by atoms with Crippen molar-refractivity contribution in [2.24, 2.45) is 5.92 Å². The number of amides is 1. The third-order valence-electron chi connectivity index (χ3n) is 7.21. The van der Waals surface area contributed by atoms with Gasteiger partial charge in [0.25, 0.3) is 5.91 Å². The van der Waals surface area contributed by atoms with Gasteiger partial charge in [0, 0.05) is 69.7 Å². The fourth-order valence-electron chi connectivity index (χ4n) is 5.09. The van der Waals surface area contributed by atoms with E-state index in [-0.39, 0.29) is 5.91 Å². The molecule has 0 unspecified atom stereocenters. The van der Waals surface area contributed by atoms with Crippen LogP contribution < -0.4 is 4.90 Å². The number of rotatable bonds is 4. The lowest BCUT2D eigenvalue weighted by Gasteiger charge is -2.42. The van der Waals surface area contributed by atoms with E-state index in [1.54, 1.807) is 0 Å². The largest absolute Gasteiger partial charge is 0.372 e. The van der Waals surface area contributed by atoms with Crippen LogP contribution in [0.2, 0.25) is 0 Å². The zero-order valence-electron chi connectivity index (χ0n) is 17.6. The fourth-order valence-corrected chi connectivity index (χ4v) is 5.09. The van der Waals surface area contributed by atoms with Gasteiger partial charge in [0.15, 0.2) is 0 Å². The maximum atomic E-state index is 12.9. The lowest BCUT2D eigenvalue weighted by Crippen LogP contribution is -2.52. The Bertz CT molecular complexity index is 639. The summed E-state index contributed by atoms with van der Waals surface area (Å²) < 4.78 is 0. The Hall–Kier alpha value is -1.59. The van der Waals surface area contributed by atoms with Gasteiger partial charge in [0.05, 0.1) is 0 Å². The van der Waals surface area contributed by atoms with Crippen LogP contribution in [0.1, 0.15) is 43.0 Å². The summed E-state index contributed by atoms with van der Waals surface area (Å²) >= 11 is 0. The van der Waals surface area contributed by atoms with E-state index in [0.717, 1.165) is 44.6 Å². The summed E-state index contributed by atoms with van der Waals surface area (Å²) in [6.07, 6.45) is 4.82. The van der Waals surface area contributed by atoms with Crippen molar-refractivity contribution in [2.45, 2.75) is 38.6 Å². The topological polar surface area (TPSA) is 30.0 Å². The molecule has 28 heavy (non-hydrogen) atoms. The number of carbonyl (C=O) groups excluding carboxylic acids is 1. The SMILES string of the molecule is C[C@@H](C1CCN(C(=O)c2ccc(N3CCCC3)cc2)CC1)N1CCN(C)CC1. The van der Waals surface area contributed by atoms with Crippen LogP contribution in [0.15, 0.2) is 24.3 Å². The number of nitrogens with zero attached hydrogens (tertiary/aromatic N) is 4. The number of carbonyl (C=O) groups is 1. The molecule has 1 aromatic rings. The summed E-state index contributed by atoms with van der Waals surface area (Å²) in [6.45, 7) is 11.2. The second-order valence-corrected chi connectivity index (χ2v) is 8.95. The standard InChI is InChI=1S/C23H36N4O/c1-19(25-17-15-24(2)16-18-25)20-9-13-27(14-10-20)23(28)21-5-7-22(8-6-21)26-11-3-4-12-26/h5-8,19-20H,3-4,9-18H2,1-2H3/t19-/m0/s1. The molecule has 3 saturated heterocycles. The van der Waals surface area contributed by atoms with E-state index in [1.807, 2.05) is 12.1 Å². The molecule has 154 valence electrons. The molecule has 0 N–H and O–H groups in total. The number of hydrogen-bond acceptors (Lipinski definition) is 4. The molecule has 0 aliphatic carbocycles. The van der Waals surface area contributed by atoms with Gasteiger partial charge >= 0.3 is 0 Å². The van der Waals surface area contributed by atoms with Crippen molar-refractivity contribution >= 4 is 11.6 Å². The van der Waals surface area contributed by atoms with Gasteiger partial charge < -0.3 is 14.7 Å². The lowest BCUT2D eigenvalue weighted by atomic mass is 9.88. The normalized spacial score (nSPS) is 23.9. The second kappa shape index (κ2) is 8.83. The molecule has 0 saturated carbocycles. The average molecular weight is 385 g/mol. The van der Waals surface area contributed by atoms with Crippen LogP contribution in [-0.4, -0.2) is 86.1 Å². The number of likely N-dealkylation sites (N-methyl/N-ethyl adjacent to an activating group) is 1. The minimum atomic E-state index is 0.207. The molecule has 0 radical (unpaired) electrons. The molecular weight excluding hydrogens is 348 g/mol. The molecule has 5 heteroatoms. The number of hydrogen-bond donors (Lipinski definition) is 0. The molecule has 0 aromatic heterocycles. The summed E-state index contributed by atoms with van der Waals surface area (Å²) in [7, 11) is 2.21. The van der Waals surface area contributed by atoms with Gasteiger partial charge in [-0.1, -0.05) is 0 Å². The van der Waals surface area contributed by atoms with E-state index < -0.39 is 0 Å². The molecule has 1 atom stereocenters. The zero-order valence-corrected chi connectivity index (χ0v) is 17.6. The summed E-state index contributed by atoms with van der Waals surface area (Å²) in [5.41, 5.74) is 2.10. The first-order valence-electron chi connectivity index (χ1n) is 11.2. The maximum Gasteiger partial charge on any atom is 0.253 e. The van der Waals surface area contributed by atoms with Crippen LogP contribution in [0.5, 0.6) is 0 Å². The van der Waals surface area contributed by atoms with Crippen molar-refractivity contribution in [3.63, 3.8) is 0 Å². The summed E-state index contributed by atoms with van der Waals surface area (Å²) in [5, 5.41) is 0. The highest BCUT2D eigenvalue weighted by Crippen LogP contribution is 2.26. The van der Waals surface area contributed by atoms with E-state index in [2.05, 4.69) is 45.7 Å². The van der Waals surface area contributed by atoms with E-state index in [0.29, 0.717) is 12.0 Å². The molecular formula is C23H36N4O. The number of benzene rings is 1. The van der Waals surface area contributed by atoms with Crippen LogP contribution in [0, 0.1) is 5.92 Å². The van der Waals surface area contributed by atoms with Gasteiger partial charge in [-0.15, -0.1) is 0 Å². The van der Waals surface area contributed by atoms with Crippen LogP contribution in [-0.2, 0) is 0 Å².